The highest BCUT2D eigenvalue weighted by Crippen LogP contribution is 2.24. The molecule has 1 aromatic heterocycles. The Labute approximate surface area is 169 Å². The molecule has 1 aliphatic rings. The van der Waals surface area contributed by atoms with Gasteiger partial charge in [-0.15, -0.1) is 0 Å². The number of hydrogen-bond acceptors (Lipinski definition) is 6. The van der Waals surface area contributed by atoms with E-state index in [-0.39, 0.29) is 23.7 Å². The number of halogens is 1. The van der Waals surface area contributed by atoms with Crippen LogP contribution in [0, 0.1) is 0 Å². The maximum atomic E-state index is 12.1. The monoisotopic (exact) mass is 414 g/mol. The molecule has 0 aromatic carbocycles. The van der Waals surface area contributed by atoms with Gasteiger partial charge in [0.15, 0.2) is 5.16 Å². The van der Waals surface area contributed by atoms with Crippen LogP contribution < -0.4 is 15.5 Å². The predicted octanol–water partition coefficient (Wildman–Crippen LogP) is 1.99. The van der Waals surface area contributed by atoms with Gasteiger partial charge in [0.05, 0.1) is 5.75 Å². The van der Waals surface area contributed by atoms with Gasteiger partial charge in [0.25, 0.3) is 0 Å². The van der Waals surface area contributed by atoms with Crippen molar-refractivity contribution < 1.29 is 9.59 Å². The van der Waals surface area contributed by atoms with Crippen LogP contribution in [0.5, 0.6) is 0 Å². The Kier molecular flexibility index (Phi) is 8.43. The number of nitrogens with one attached hydrogen (secondary N) is 2. The zero-order valence-corrected chi connectivity index (χ0v) is 17.6. The lowest BCUT2D eigenvalue weighted by Crippen LogP contribution is -2.56. The van der Waals surface area contributed by atoms with Gasteiger partial charge in [0.1, 0.15) is 11.0 Å². The van der Waals surface area contributed by atoms with Gasteiger partial charge in [-0.1, -0.05) is 30.3 Å². The molecule has 27 heavy (non-hydrogen) atoms. The molecular weight excluding hydrogens is 388 g/mol. The lowest BCUT2D eigenvalue weighted by molar-refractivity contribution is -0.118. The van der Waals surface area contributed by atoms with Gasteiger partial charge < -0.3 is 20.4 Å². The van der Waals surface area contributed by atoms with Crippen LogP contribution in [0.15, 0.2) is 11.2 Å². The van der Waals surface area contributed by atoms with Crippen LogP contribution in [0.4, 0.5) is 10.6 Å². The number of carbonyl (C=O) groups excluding carboxylic acids is 2. The first-order chi connectivity index (χ1) is 12.9. The Morgan fingerprint density at radius 3 is 2.74 bits per heavy atom. The molecule has 10 heteroatoms. The zero-order valence-electron chi connectivity index (χ0n) is 16.0. The highest BCUT2D eigenvalue weighted by atomic mass is 35.5. The number of urea groups is 1. The van der Waals surface area contributed by atoms with Gasteiger partial charge in [0, 0.05) is 44.8 Å². The van der Waals surface area contributed by atoms with Crippen LogP contribution >= 0.6 is 23.4 Å². The van der Waals surface area contributed by atoms with Gasteiger partial charge in [-0.3, -0.25) is 4.79 Å². The molecule has 0 aliphatic carbocycles. The summed E-state index contributed by atoms with van der Waals surface area (Å²) in [7, 11) is 0. The summed E-state index contributed by atoms with van der Waals surface area (Å²) in [5.74, 6) is 0.922. The summed E-state index contributed by atoms with van der Waals surface area (Å²) in [6, 6.07) is 1.73. The average Bonchev–Trinajstić information content (AvgIpc) is 2.64. The molecule has 0 radical (unpaired) electrons. The third-order valence-electron chi connectivity index (χ3n) is 4.11. The third-order valence-corrected chi connectivity index (χ3v) is 5.15. The van der Waals surface area contributed by atoms with Crippen molar-refractivity contribution in [2.45, 2.75) is 38.4 Å². The van der Waals surface area contributed by atoms with Crippen LogP contribution in [0.1, 0.15) is 27.2 Å². The Hall–Kier alpha value is -1.74. The molecule has 1 fully saturated rings. The number of rotatable bonds is 7. The Bertz CT molecular complexity index is 662. The second-order valence-electron chi connectivity index (χ2n) is 6.29. The first-order valence-electron chi connectivity index (χ1n) is 9.18. The summed E-state index contributed by atoms with van der Waals surface area (Å²) in [6.45, 7) is 9.13. The molecule has 2 rings (SSSR count). The van der Waals surface area contributed by atoms with E-state index >= 15 is 0 Å². The van der Waals surface area contributed by atoms with Crippen LogP contribution in [0.25, 0.3) is 0 Å². The molecule has 8 nitrogen and oxygen atoms in total. The Balaban J connectivity index is 1.99. The molecular formula is C17H27ClN6O2S. The zero-order chi connectivity index (χ0) is 19.8. The second-order valence-corrected chi connectivity index (χ2v) is 7.62. The van der Waals surface area contributed by atoms with E-state index in [0.717, 1.165) is 6.42 Å². The van der Waals surface area contributed by atoms with Crippen molar-refractivity contribution in [3.63, 3.8) is 0 Å². The summed E-state index contributed by atoms with van der Waals surface area (Å²) >= 11 is 7.42. The van der Waals surface area contributed by atoms with Crippen molar-refractivity contribution in [2.75, 3.05) is 43.4 Å². The van der Waals surface area contributed by atoms with Gasteiger partial charge in [-0.05, 0) is 20.3 Å². The molecule has 0 bridgehead atoms. The van der Waals surface area contributed by atoms with E-state index in [1.165, 1.54) is 11.8 Å². The number of amides is 3. The number of piperazine rings is 1. The van der Waals surface area contributed by atoms with Crippen molar-refractivity contribution in [2.24, 2.45) is 0 Å². The second kappa shape index (κ2) is 10.6. The minimum absolute atomic E-state index is 0.0419. The molecule has 0 spiro atoms. The van der Waals surface area contributed by atoms with Crippen molar-refractivity contribution in [3.8, 4) is 0 Å². The van der Waals surface area contributed by atoms with Gasteiger partial charge in [-0.25, -0.2) is 14.8 Å². The van der Waals surface area contributed by atoms with Crippen molar-refractivity contribution >= 4 is 41.1 Å². The lowest BCUT2D eigenvalue weighted by atomic mass is 10.2. The maximum absolute atomic E-state index is 12.1. The number of aromatic nitrogens is 2. The van der Waals surface area contributed by atoms with Crippen LogP contribution in [0.3, 0.4) is 0 Å². The molecule has 1 aliphatic heterocycles. The van der Waals surface area contributed by atoms with E-state index in [1.54, 1.807) is 6.07 Å². The largest absolute Gasteiger partial charge is 0.355 e. The van der Waals surface area contributed by atoms with Crippen molar-refractivity contribution in [3.05, 3.63) is 11.2 Å². The first kappa shape index (κ1) is 21.6. The molecule has 1 aromatic rings. The van der Waals surface area contributed by atoms with Crippen molar-refractivity contribution in [1.82, 2.24) is 25.5 Å². The summed E-state index contributed by atoms with van der Waals surface area (Å²) in [4.78, 5) is 36.5. The summed E-state index contributed by atoms with van der Waals surface area (Å²) < 4.78 is 0. The Morgan fingerprint density at radius 2 is 2.07 bits per heavy atom. The van der Waals surface area contributed by atoms with E-state index in [2.05, 4.69) is 25.5 Å². The molecule has 2 N–H and O–H groups in total. The predicted molar refractivity (Wildman–Crippen MR) is 109 cm³/mol. The number of thioether (sulfide) groups is 1. The molecule has 0 saturated carbocycles. The first-order valence-corrected chi connectivity index (χ1v) is 10.5. The summed E-state index contributed by atoms with van der Waals surface area (Å²) in [5.41, 5.74) is 0. The third kappa shape index (κ3) is 6.42. The minimum atomic E-state index is -0.0452. The number of hydrogen-bond donors (Lipinski definition) is 2. The van der Waals surface area contributed by atoms with Gasteiger partial charge in [0.2, 0.25) is 5.91 Å². The van der Waals surface area contributed by atoms with Crippen LogP contribution in [-0.2, 0) is 4.79 Å². The molecule has 0 unspecified atom stereocenters. The maximum Gasteiger partial charge on any atom is 0.317 e. The number of carbonyl (C=O) groups is 2. The highest BCUT2D eigenvalue weighted by Gasteiger charge is 2.28. The molecule has 1 saturated heterocycles. The van der Waals surface area contributed by atoms with E-state index < -0.39 is 0 Å². The quantitative estimate of drug-likeness (QED) is 0.403. The van der Waals surface area contributed by atoms with Gasteiger partial charge >= 0.3 is 6.03 Å². The lowest BCUT2D eigenvalue weighted by Gasteiger charge is -2.40. The molecule has 1 atom stereocenters. The normalized spacial score (nSPS) is 17.0. The van der Waals surface area contributed by atoms with Crippen LogP contribution in [-0.4, -0.2) is 71.3 Å². The topological polar surface area (TPSA) is 90.5 Å². The van der Waals surface area contributed by atoms with E-state index in [9.17, 15) is 9.59 Å². The highest BCUT2D eigenvalue weighted by molar-refractivity contribution is 7.99. The minimum Gasteiger partial charge on any atom is -0.355 e. The Morgan fingerprint density at radius 1 is 1.30 bits per heavy atom. The van der Waals surface area contributed by atoms with Crippen molar-refractivity contribution in [1.29, 1.82) is 0 Å². The molecule has 3 amide bonds. The molecule has 2 heterocycles. The fraction of sp³-hybridized carbons (Fsp3) is 0.647. The fourth-order valence-corrected chi connectivity index (χ4v) is 3.69. The summed E-state index contributed by atoms with van der Waals surface area (Å²) in [5, 5.41) is 6.48. The van der Waals surface area contributed by atoms with E-state index in [4.69, 9.17) is 11.6 Å². The fourth-order valence-electron chi connectivity index (χ4n) is 2.78. The van der Waals surface area contributed by atoms with Crippen LogP contribution in [0.2, 0.25) is 5.15 Å². The SMILES string of the molecule is CCCNC(=O)CSc1nc(Cl)cc(N2CCN(C(=O)NCC)[C@@H](C)C2)n1. The van der Waals surface area contributed by atoms with E-state index in [0.29, 0.717) is 48.9 Å². The smallest absolute Gasteiger partial charge is 0.317 e. The molecule has 150 valence electrons. The van der Waals surface area contributed by atoms with Gasteiger partial charge in [-0.2, -0.15) is 0 Å². The number of nitrogens with zero attached hydrogens (tertiary/aromatic N) is 4. The number of anilines is 1. The summed E-state index contributed by atoms with van der Waals surface area (Å²) in [6.07, 6.45) is 0.897. The standard InChI is InChI=1S/C17H27ClN6O2S/c1-4-6-20-15(25)11-27-16-21-13(18)9-14(22-16)23-7-8-24(12(3)10-23)17(26)19-5-2/h9,12H,4-8,10-11H2,1-3H3,(H,19,26)(H,20,25)/t12-/m0/s1. The van der Waals surface area contributed by atoms with E-state index in [1.807, 2.05) is 25.7 Å². The average molecular weight is 415 g/mol.